The SMILES string of the molecule is COc1cccc([C@@H]2C(=C(O)c3ccc(C)cc3)C(=O)C(=O)N2c2cc(C)on2)c1OC. The number of aliphatic hydroxyl groups is 1. The molecule has 2 aromatic carbocycles. The molecule has 1 amide bonds. The van der Waals surface area contributed by atoms with Crippen molar-refractivity contribution >= 4 is 23.3 Å². The highest BCUT2D eigenvalue weighted by Crippen LogP contribution is 2.46. The smallest absolute Gasteiger partial charge is 0.301 e. The van der Waals surface area contributed by atoms with Crippen molar-refractivity contribution in [2.45, 2.75) is 19.9 Å². The first-order valence-corrected chi connectivity index (χ1v) is 9.89. The minimum absolute atomic E-state index is 0.0777. The minimum atomic E-state index is -1.01. The largest absolute Gasteiger partial charge is 0.507 e. The van der Waals surface area contributed by atoms with Crippen LogP contribution >= 0.6 is 0 Å². The van der Waals surface area contributed by atoms with Crippen molar-refractivity contribution in [1.82, 2.24) is 5.16 Å². The fraction of sp³-hybridized carbons (Fsp3) is 0.208. The number of hydrogen-bond acceptors (Lipinski definition) is 7. The summed E-state index contributed by atoms with van der Waals surface area (Å²) < 4.78 is 16.1. The van der Waals surface area contributed by atoms with Gasteiger partial charge in [0.15, 0.2) is 17.3 Å². The number of hydrogen-bond donors (Lipinski definition) is 1. The summed E-state index contributed by atoms with van der Waals surface area (Å²) >= 11 is 0. The summed E-state index contributed by atoms with van der Waals surface area (Å²) in [6, 6.07) is 12.7. The Morgan fingerprint density at radius 2 is 1.78 bits per heavy atom. The van der Waals surface area contributed by atoms with Crippen LogP contribution in [0.5, 0.6) is 11.5 Å². The molecule has 0 spiro atoms. The number of ether oxygens (including phenoxy) is 2. The number of carbonyl (C=O) groups excluding carboxylic acids is 2. The van der Waals surface area contributed by atoms with Gasteiger partial charge < -0.3 is 19.1 Å². The number of benzene rings is 2. The van der Waals surface area contributed by atoms with Crippen LogP contribution in [0.4, 0.5) is 5.82 Å². The van der Waals surface area contributed by atoms with Gasteiger partial charge in [-0.05, 0) is 19.9 Å². The van der Waals surface area contributed by atoms with Crippen LogP contribution in [0.3, 0.4) is 0 Å². The zero-order chi connectivity index (χ0) is 23.0. The average Bonchev–Trinajstić information content (AvgIpc) is 3.33. The van der Waals surface area contributed by atoms with Crippen molar-refractivity contribution in [3.63, 3.8) is 0 Å². The number of aromatic nitrogens is 1. The molecule has 0 unspecified atom stereocenters. The molecule has 1 aliphatic rings. The number of carbonyl (C=O) groups is 2. The Kier molecular flexibility index (Phi) is 5.44. The molecule has 164 valence electrons. The number of amides is 1. The van der Waals surface area contributed by atoms with Crippen LogP contribution in [0.15, 0.2) is 58.6 Å². The van der Waals surface area contributed by atoms with E-state index in [1.165, 1.54) is 19.1 Å². The molecule has 0 aliphatic carbocycles. The number of ketones is 1. The van der Waals surface area contributed by atoms with Crippen molar-refractivity contribution in [2.75, 3.05) is 19.1 Å². The summed E-state index contributed by atoms with van der Waals surface area (Å²) in [5.74, 6) is -0.579. The van der Waals surface area contributed by atoms with Gasteiger partial charge in [-0.2, -0.15) is 0 Å². The Labute approximate surface area is 184 Å². The van der Waals surface area contributed by atoms with Crippen molar-refractivity contribution in [1.29, 1.82) is 0 Å². The third-order valence-electron chi connectivity index (χ3n) is 5.36. The lowest BCUT2D eigenvalue weighted by atomic mass is 9.94. The van der Waals surface area contributed by atoms with E-state index in [2.05, 4.69) is 5.16 Å². The van der Waals surface area contributed by atoms with Crippen LogP contribution in [-0.4, -0.2) is 36.2 Å². The van der Waals surface area contributed by atoms with E-state index < -0.39 is 17.7 Å². The van der Waals surface area contributed by atoms with Gasteiger partial charge >= 0.3 is 5.91 Å². The molecular weight excluding hydrogens is 412 g/mol. The van der Waals surface area contributed by atoms with Gasteiger partial charge in [-0.25, -0.2) is 0 Å². The van der Waals surface area contributed by atoms with Gasteiger partial charge in [-0.3, -0.25) is 14.5 Å². The van der Waals surface area contributed by atoms with Crippen molar-refractivity contribution < 1.29 is 28.7 Å². The molecule has 1 N–H and O–H groups in total. The lowest BCUT2D eigenvalue weighted by Gasteiger charge is -2.25. The second-order valence-corrected chi connectivity index (χ2v) is 7.41. The van der Waals surface area contributed by atoms with E-state index >= 15 is 0 Å². The number of methoxy groups -OCH3 is 2. The van der Waals surface area contributed by atoms with Gasteiger partial charge in [-0.1, -0.05) is 47.1 Å². The summed E-state index contributed by atoms with van der Waals surface area (Å²) in [4.78, 5) is 27.5. The zero-order valence-electron chi connectivity index (χ0n) is 18.1. The van der Waals surface area contributed by atoms with Gasteiger partial charge in [0, 0.05) is 17.2 Å². The third-order valence-corrected chi connectivity index (χ3v) is 5.36. The fourth-order valence-corrected chi connectivity index (χ4v) is 3.82. The Balaban J connectivity index is 2.01. The van der Waals surface area contributed by atoms with Crippen molar-refractivity contribution in [3.8, 4) is 11.5 Å². The molecule has 1 aliphatic heterocycles. The van der Waals surface area contributed by atoms with E-state index in [9.17, 15) is 14.7 Å². The minimum Gasteiger partial charge on any atom is -0.507 e. The molecule has 4 rings (SSSR count). The van der Waals surface area contributed by atoms with Gasteiger partial charge in [-0.15, -0.1) is 0 Å². The van der Waals surface area contributed by atoms with Crippen LogP contribution in [0.1, 0.15) is 28.5 Å². The topological polar surface area (TPSA) is 102 Å². The number of rotatable bonds is 5. The molecule has 0 saturated carbocycles. The monoisotopic (exact) mass is 434 g/mol. The van der Waals surface area contributed by atoms with Gasteiger partial charge in [0.05, 0.1) is 19.8 Å². The van der Waals surface area contributed by atoms with Crippen molar-refractivity contribution in [2.24, 2.45) is 0 Å². The van der Waals surface area contributed by atoms with Gasteiger partial charge in [0.2, 0.25) is 0 Å². The molecule has 0 bridgehead atoms. The maximum Gasteiger partial charge on any atom is 0.301 e. The third kappa shape index (κ3) is 3.39. The Bertz CT molecular complexity index is 1230. The first-order valence-electron chi connectivity index (χ1n) is 9.89. The van der Waals surface area contributed by atoms with Crippen LogP contribution < -0.4 is 14.4 Å². The molecule has 1 aromatic heterocycles. The molecule has 2 heterocycles. The molecule has 8 nitrogen and oxygen atoms in total. The number of nitrogens with zero attached hydrogens (tertiary/aromatic N) is 2. The van der Waals surface area contributed by atoms with Crippen LogP contribution in [0, 0.1) is 13.8 Å². The predicted octanol–water partition coefficient (Wildman–Crippen LogP) is 3.93. The summed E-state index contributed by atoms with van der Waals surface area (Å²) in [7, 11) is 2.96. The predicted molar refractivity (Wildman–Crippen MR) is 117 cm³/mol. The van der Waals surface area contributed by atoms with E-state index in [0.29, 0.717) is 28.4 Å². The average molecular weight is 434 g/mol. The number of anilines is 1. The maximum absolute atomic E-state index is 13.2. The van der Waals surface area contributed by atoms with E-state index in [1.807, 2.05) is 19.1 Å². The van der Waals surface area contributed by atoms with Crippen LogP contribution in [0.25, 0.3) is 5.76 Å². The molecule has 1 fully saturated rings. The van der Waals surface area contributed by atoms with Gasteiger partial charge in [0.25, 0.3) is 5.78 Å². The standard InChI is InChI=1S/C24H22N2O6/c1-13-8-10-15(11-9-13)21(27)19-20(16-6-5-7-17(30-3)23(16)31-4)26(24(29)22(19)28)18-12-14(2)32-25-18/h5-12,20,27H,1-4H3/t20-/m1/s1. The molecule has 1 saturated heterocycles. The summed E-state index contributed by atoms with van der Waals surface area (Å²) in [5.41, 5.74) is 1.79. The van der Waals surface area contributed by atoms with Crippen molar-refractivity contribution in [3.05, 3.63) is 76.6 Å². The lowest BCUT2D eigenvalue weighted by molar-refractivity contribution is -0.132. The first-order chi connectivity index (χ1) is 15.4. The van der Waals surface area contributed by atoms with E-state index in [4.69, 9.17) is 14.0 Å². The number of aryl methyl sites for hydroxylation is 2. The summed E-state index contributed by atoms with van der Waals surface area (Å²) in [6.45, 7) is 3.59. The second kappa shape index (κ2) is 8.22. The second-order valence-electron chi connectivity index (χ2n) is 7.41. The first kappa shape index (κ1) is 21.2. The molecule has 32 heavy (non-hydrogen) atoms. The fourth-order valence-electron chi connectivity index (χ4n) is 3.82. The Morgan fingerprint density at radius 1 is 1.06 bits per heavy atom. The van der Waals surface area contributed by atoms with Crippen LogP contribution in [0.2, 0.25) is 0 Å². The van der Waals surface area contributed by atoms with E-state index in [1.54, 1.807) is 43.3 Å². The lowest BCUT2D eigenvalue weighted by Crippen LogP contribution is -2.30. The van der Waals surface area contributed by atoms with Crippen LogP contribution in [-0.2, 0) is 9.59 Å². The number of para-hydroxylation sites is 1. The maximum atomic E-state index is 13.2. The highest BCUT2D eigenvalue weighted by molar-refractivity contribution is 6.51. The molecule has 0 radical (unpaired) electrons. The number of Topliss-reactive ketones (excluding diaryl/α,β-unsaturated/α-hetero) is 1. The molecule has 3 aromatic rings. The summed E-state index contributed by atoms with van der Waals surface area (Å²) in [6.07, 6.45) is 0. The normalized spacial score (nSPS) is 17.6. The molecule has 8 heteroatoms. The highest BCUT2D eigenvalue weighted by Gasteiger charge is 2.49. The highest BCUT2D eigenvalue weighted by atomic mass is 16.5. The zero-order valence-corrected chi connectivity index (χ0v) is 18.1. The Hall–Kier alpha value is -4.07. The van der Waals surface area contributed by atoms with Gasteiger partial charge in [0.1, 0.15) is 17.6 Å². The number of aliphatic hydroxyl groups excluding tert-OH is 1. The summed E-state index contributed by atoms with van der Waals surface area (Å²) in [5, 5.41) is 15.1. The quantitative estimate of drug-likeness (QED) is 0.369. The van der Waals surface area contributed by atoms with E-state index in [-0.39, 0.29) is 17.2 Å². The Morgan fingerprint density at radius 3 is 2.38 bits per heavy atom. The molecule has 1 atom stereocenters. The van der Waals surface area contributed by atoms with E-state index in [0.717, 1.165) is 5.56 Å². The molecular formula is C24H22N2O6.